The van der Waals surface area contributed by atoms with Crippen LogP contribution in [-0.4, -0.2) is 43.2 Å². The Hall–Kier alpha value is -1.41. The van der Waals surface area contributed by atoms with Crippen LogP contribution < -0.4 is 0 Å². The van der Waals surface area contributed by atoms with Gasteiger partial charge in [-0.2, -0.15) is 4.31 Å². The molecular formula is C21H25ClN2O3S2. The molecule has 1 aromatic heterocycles. The summed E-state index contributed by atoms with van der Waals surface area (Å²) in [5, 5.41) is 2.22. The van der Waals surface area contributed by atoms with Crippen molar-refractivity contribution in [3.8, 4) is 0 Å². The predicted octanol–water partition coefficient (Wildman–Crippen LogP) is 4.73. The highest BCUT2D eigenvalue weighted by Gasteiger charge is 2.32. The van der Waals surface area contributed by atoms with E-state index in [4.69, 9.17) is 11.6 Å². The fourth-order valence-corrected chi connectivity index (χ4v) is 7.19. The zero-order valence-corrected chi connectivity index (χ0v) is 18.8. The standard InChI is InChI=1S/C21H25ClN2O3S2/c1-15-17-9-13-28-19(17)8-12-24(15)21(25)16-6-7-18(22)20(14-16)29(26,27)23-10-4-2-3-5-11-23/h6-7,9,13-15H,2-5,8,10-12H2,1H3. The SMILES string of the molecule is CC1c2ccsc2CCN1C(=O)c1ccc(Cl)c(S(=O)(=O)N2CCCCCC2)c1. The first-order valence-corrected chi connectivity index (χ1v) is 12.8. The molecule has 4 rings (SSSR count). The van der Waals surface area contributed by atoms with E-state index in [2.05, 4.69) is 11.4 Å². The number of hydrogen-bond donors (Lipinski definition) is 0. The van der Waals surface area contributed by atoms with Crippen molar-refractivity contribution in [2.45, 2.75) is 50.0 Å². The smallest absolute Gasteiger partial charge is 0.254 e. The molecule has 1 saturated heterocycles. The second-order valence-electron chi connectivity index (χ2n) is 7.69. The molecule has 0 bridgehead atoms. The lowest BCUT2D eigenvalue weighted by Crippen LogP contribution is -2.38. The van der Waals surface area contributed by atoms with E-state index in [1.807, 2.05) is 11.8 Å². The molecule has 1 atom stereocenters. The summed E-state index contributed by atoms with van der Waals surface area (Å²) in [7, 11) is -3.72. The Balaban J connectivity index is 1.64. The van der Waals surface area contributed by atoms with Crippen LogP contribution in [0.1, 0.15) is 59.4 Å². The minimum atomic E-state index is -3.72. The van der Waals surface area contributed by atoms with Crippen molar-refractivity contribution < 1.29 is 13.2 Å². The van der Waals surface area contributed by atoms with E-state index in [1.54, 1.807) is 17.4 Å². The number of sulfonamides is 1. The Bertz CT molecular complexity index is 1010. The average Bonchev–Trinajstić information content (AvgIpc) is 3.01. The molecule has 5 nitrogen and oxygen atoms in total. The number of nitrogens with zero attached hydrogens (tertiary/aromatic N) is 2. The Morgan fingerprint density at radius 1 is 1.10 bits per heavy atom. The molecule has 8 heteroatoms. The molecule has 0 saturated carbocycles. The summed E-state index contributed by atoms with van der Waals surface area (Å²) in [6.07, 6.45) is 4.61. The number of thiophene rings is 1. The summed E-state index contributed by atoms with van der Waals surface area (Å²) in [6.45, 7) is 3.65. The van der Waals surface area contributed by atoms with Crippen LogP contribution in [0.25, 0.3) is 0 Å². The van der Waals surface area contributed by atoms with Crippen LogP contribution in [0, 0.1) is 0 Å². The average molecular weight is 453 g/mol. The van der Waals surface area contributed by atoms with E-state index in [1.165, 1.54) is 26.9 Å². The highest BCUT2D eigenvalue weighted by atomic mass is 35.5. The molecule has 0 N–H and O–H groups in total. The van der Waals surface area contributed by atoms with Gasteiger partial charge in [-0.3, -0.25) is 4.79 Å². The summed E-state index contributed by atoms with van der Waals surface area (Å²) in [6, 6.07) is 6.66. The Morgan fingerprint density at radius 2 is 1.83 bits per heavy atom. The third-order valence-corrected chi connectivity index (χ3v) is 9.28. The second kappa shape index (κ2) is 8.38. The number of amides is 1. The van der Waals surface area contributed by atoms with Gasteiger partial charge in [0, 0.05) is 30.1 Å². The topological polar surface area (TPSA) is 57.7 Å². The van der Waals surface area contributed by atoms with Gasteiger partial charge in [-0.15, -0.1) is 11.3 Å². The molecule has 3 heterocycles. The van der Waals surface area contributed by atoms with Gasteiger partial charge in [-0.05, 0) is 61.4 Å². The van der Waals surface area contributed by atoms with Crippen molar-refractivity contribution in [3.63, 3.8) is 0 Å². The van der Waals surface area contributed by atoms with Gasteiger partial charge in [0.1, 0.15) is 4.90 Å². The quantitative estimate of drug-likeness (QED) is 0.676. The van der Waals surface area contributed by atoms with Crippen LogP contribution >= 0.6 is 22.9 Å². The lowest BCUT2D eigenvalue weighted by molar-refractivity contribution is 0.0679. The van der Waals surface area contributed by atoms with E-state index in [9.17, 15) is 13.2 Å². The maximum Gasteiger partial charge on any atom is 0.254 e. The molecule has 2 aromatic rings. The lowest BCUT2D eigenvalue weighted by atomic mass is 10.0. The van der Waals surface area contributed by atoms with Crippen molar-refractivity contribution in [3.05, 3.63) is 50.7 Å². The van der Waals surface area contributed by atoms with Gasteiger partial charge in [0.05, 0.1) is 11.1 Å². The van der Waals surface area contributed by atoms with Crippen LogP contribution in [0.3, 0.4) is 0 Å². The number of hydrogen-bond acceptors (Lipinski definition) is 4. The Kier molecular flexibility index (Phi) is 6.02. The summed E-state index contributed by atoms with van der Waals surface area (Å²) in [5.41, 5.74) is 1.55. The van der Waals surface area contributed by atoms with Crippen LogP contribution in [0.2, 0.25) is 5.02 Å². The van der Waals surface area contributed by atoms with Crippen molar-refractivity contribution in [1.82, 2.24) is 9.21 Å². The largest absolute Gasteiger partial charge is 0.331 e. The number of rotatable bonds is 3. The summed E-state index contributed by atoms with van der Waals surface area (Å²) in [5.74, 6) is -0.154. The molecule has 29 heavy (non-hydrogen) atoms. The molecule has 1 unspecified atom stereocenters. The molecule has 0 spiro atoms. The first kappa shape index (κ1) is 20.8. The minimum absolute atomic E-state index is 0.0288. The summed E-state index contributed by atoms with van der Waals surface area (Å²) in [4.78, 5) is 16.4. The molecule has 2 aliphatic heterocycles. The summed E-state index contributed by atoms with van der Waals surface area (Å²) < 4.78 is 28.0. The third-order valence-electron chi connectivity index (χ3n) is 5.90. The van der Waals surface area contributed by atoms with Crippen LogP contribution in [0.5, 0.6) is 0 Å². The number of carbonyl (C=O) groups is 1. The molecule has 0 radical (unpaired) electrons. The highest BCUT2D eigenvalue weighted by Crippen LogP contribution is 2.34. The number of fused-ring (bicyclic) bond motifs is 1. The normalized spacial score (nSPS) is 20.9. The van der Waals surface area contributed by atoms with Gasteiger partial charge in [0.25, 0.3) is 5.91 Å². The van der Waals surface area contributed by atoms with Gasteiger partial charge in [-0.1, -0.05) is 24.4 Å². The van der Waals surface area contributed by atoms with E-state index < -0.39 is 10.0 Å². The zero-order valence-electron chi connectivity index (χ0n) is 16.4. The molecule has 1 aromatic carbocycles. The number of carbonyl (C=O) groups excluding carboxylic acids is 1. The van der Waals surface area contributed by atoms with Crippen LogP contribution in [0.4, 0.5) is 0 Å². The van der Waals surface area contributed by atoms with E-state index in [0.29, 0.717) is 25.2 Å². The lowest BCUT2D eigenvalue weighted by Gasteiger charge is -2.34. The Morgan fingerprint density at radius 3 is 2.55 bits per heavy atom. The fraction of sp³-hybridized carbons (Fsp3) is 0.476. The molecule has 1 fully saturated rings. The molecular weight excluding hydrogens is 428 g/mol. The van der Waals surface area contributed by atoms with Crippen LogP contribution in [-0.2, 0) is 16.4 Å². The third kappa shape index (κ3) is 3.98. The maximum atomic E-state index is 13.2. The minimum Gasteiger partial charge on any atom is -0.331 e. The van der Waals surface area contributed by atoms with Crippen molar-refractivity contribution in [1.29, 1.82) is 0 Å². The number of halogens is 1. The molecule has 2 aliphatic rings. The van der Waals surface area contributed by atoms with Gasteiger partial charge in [-0.25, -0.2) is 8.42 Å². The number of benzene rings is 1. The van der Waals surface area contributed by atoms with E-state index in [0.717, 1.165) is 32.1 Å². The monoisotopic (exact) mass is 452 g/mol. The van der Waals surface area contributed by atoms with Crippen molar-refractivity contribution in [2.75, 3.05) is 19.6 Å². The van der Waals surface area contributed by atoms with Gasteiger partial charge in [0.2, 0.25) is 10.0 Å². The molecule has 156 valence electrons. The molecule has 1 amide bonds. The molecule has 0 aliphatic carbocycles. The van der Waals surface area contributed by atoms with E-state index in [-0.39, 0.29) is 21.9 Å². The van der Waals surface area contributed by atoms with Gasteiger partial charge < -0.3 is 4.90 Å². The van der Waals surface area contributed by atoms with Gasteiger partial charge >= 0.3 is 0 Å². The first-order valence-electron chi connectivity index (χ1n) is 10.1. The van der Waals surface area contributed by atoms with Crippen molar-refractivity contribution in [2.24, 2.45) is 0 Å². The zero-order chi connectivity index (χ0) is 20.6. The van der Waals surface area contributed by atoms with Gasteiger partial charge in [0.15, 0.2) is 0 Å². The van der Waals surface area contributed by atoms with Crippen molar-refractivity contribution >= 4 is 38.9 Å². The predicted molar refractivity (Wildman–Crippen MR) is 116 cm³/mol. The van der Waals surface area contributed by atoms with Crippen LogP contribution in [0.15, 0.2) is 34.5 Å². The first-order chi connectivity index (χ1) is 13.9. The van der Waals surface area contributed by atoms with E-state index >= 15 is 0 Å². The highest BCUT2D eigenvalue weighted by molar-refractivity contribution is 7.89. The Labute approximate surface area is 181 Å². The maximum absolute atomic E-state index is 13.2. The fourth-order valence-electron chi connectivity index (χ4n) is 4.21. The summed E-state index contributed by atoms with van der Waals surface area (Å²) >= 11 is 8.01. The second-order valence-corrected chi connectivity index (χ2v) is 11.0.